The molecule has 1 heterocycles. The second-order valence-corrected chi connectivity index (χ2v) is 6.56. The monoisotopic (exact) mass is 248 g/mol. The average molecular weight is 248 g/mol. The number of nitrogens with one attached hydrogen (secondary N) is 2. The van der Waals surface area contributed by atoms with Crippen LogP contribution in [0, 0.1) is 5.92 Å². The van der Waals surface area contributed by atoms with E-state index >= 15 is 0 Å². The Kier molecular flexibility index (Phi) is 5.21. The quantitative estimate of drug-likeness (QED) is 0.690. The lowest BCUT2D eigenvalue weighted by molar-refractivity contribution is -0.118. The molecule has 1 fully saturated rings. The molecule has 0 aliphatic carbocycles. The van der Waals surface area contributed by atoms with Gasteiger partial charge in [0.25, 0.3) is 0 Å². The Bertz CT molecular complexity index is 321. The number of amides is 1. The van der Waals surface area contributed by atoms with Gasteiger partial charge in [-0.3, -0.25) is 4.79 Å². The van der Waals surface area contributed by atoms with Gasteiger partial charge in [-0.2, -0.15) is 0 Å². The van der Waals surface area contributed by atoms with Crippen molar-refractivity contribution in [1.29, 1.82) is 0 Å². The van der Waals surface area contributed by atoms with Crippen LogP contribution >= 0.6 is 0 Å². The van der Waals surface area contributed by atoms with E-state index < -0.39 is 21.5 Å². The first-order chi connectivity index (χ1) is 7.47. The van der Waals surface area contributed by atoms with Gasteiger partial charge in [-0.15, -0.1) is 0 Å². The first-order valence-corrected chi connectivity index (χ1v) is 7.68. The molecule has 0 radical (unpaired) electrons. The minimum absolute atomic E-state index is 0.397. The van der Waals surface area contributed by atoms with Crippen molar-refractivity contribution in [3.05, 3.63) is 0 Å². The van der Waals surface area contributed by atoms with Gasteiger partial charge < -0.3 is 10.6 Å². The molecule has 1 saturated heterocycles. The molecule has 1 amide bonds. The van der Waals surface area contributed by atoms with Crippen LogP contribution in [0.1, 0.15) is 19.3 Å². The largest absolute Gasteiger partial charge is 0.355 e. The highest BCUT2D eigenvalue weighted by Gasteiger charge is 2.14. The number of hydrogen-bond donors (Lipinski definition) is 2. The summed E-state index contributed by atoms with van der Waals surface area (Å²) >= 11 is 0. The van der Waals surface area contributed by atoms with E-state index in [9.17, 15) is 13.2 Å². The van der Waals surface area contributed by atoms with Gasteiger partial charge in [0.15, 0.2) is 9.84 Å². The number of sulfone groups is 1. The zero-order valence-electron chi connectivity index (χ0n) is 9.66. The van der Waals surface area contributed by atoms with Crippen molar-refractivity contribution in [2.45, 2.75) is 19.3 Å². The van der Waals surface area contributed by atoms with Crippen molar-refractivity contribution < 1.29 is 13.2 Å². The van der Waals surface area contributed by atoms with E-state index in [-0.39, 0.29) is 0 Å². The third-order valence-corrected chi connectivity index (χ3v) is 3.45. The van der Waals surface area contributed by atoms with E-state index in [1.807, 2.05) is 0 Å². The third-order valence-electron chi connectivity index (χ3n) is 2.67. The average Bonchev–Trinajstić information content (AvgIpc) is 2.16. The van der Waals surface area contributed by atoms with Crippen LogP contribution in [0.3, 0.4) is 0 Å². The minimum atomic E-state index is -3.20. The van der Waals surface area contributed by atoms with Crippen molar-refractivity contribution in [3.8, 4) is 0 Å². The van der Waals surface area contributed by atoms with E-state index in [0.29, 0.717) is 12.5 Å². The van der Waals surface area contributed by atoms with E-state index in [4.69, 9.17) is 0 Å². The summed E-state index contributed by atoms with van der Waals surface area (Å²) in [4.78, 5) is 11.2. The van der Waals surface area contributed by atoms with Gasteiger partial charge in [0.2, 0.25) is 5.91 Å². The summed E-state index contributed by atoms with van der Waals surface area (Å²) in [5.74, 6) is -0.200. The molecule has 6 heteroatoms. The van der Waals surface area contributed by atoms with Crippen LogP contribution in [0.15, 0.2) is 0 Å². The van der Waals surface area contributed by atoms with Crippen LogP contribution in [-0.4, -0.2) is 46.0 Å². The summed E-state index contributed by atoms with van der Waals surface area (Å²) in [6.07, 6.45) is 4.36. The molecular formula is C10H20N2O3S. The number of carbonyl (C=O) groups excluding carboxylic acids is 1. The number of rotatable bonds is 5. The molecule has 0 aromatic rings. The first kappa shape index (κ1) is 13.4. The van der Waals surface area contributed by atoms with Crippen molar-refractivity contribution in [1.82, 2.24) is 10.6 Å². The van der Waals surface area contributed by atoms with Crippen LogP contribution < -0.4 is 10.6 Å². The summed E-state index contributed by atoms with van der Waals surface area (Å²) in [6, 6.07) is 0. The number of hydrogen-bond acceptors (Lipinski definition) is 4. The van der Waals surface area contributed by atoms with E-state index in [2.05, 4.69) is 10.6 Å². The Balaban J connectivity index is 2.12. The molecule has 0 spiro atoms. The van der Waals surface area contributed by atoms with Gasteiger partial charge in [0.1, 0.15) is 5.75 Å². The summed E-state index contributed by atoms with van der Waals surface area (Å²) < 4.78 is 21.7. The first-order valence-electron chi connectivity index (χ1n) is 5.62. The standard InChI is InChI=1S/C10H20N2O3S/c1-16(14,15)8-10(13)12-6-4-9-3-2-5-11-7-9/h9,11H,2-8H2,1H3,(H,12,13). The van der Waals surface area contributed by atoms with Crippen molar-refractivity contribution in [2.75, 3.05) is 31.6 Å². The fourth-order valence-electron chi connectivity index (χ4n) is 1.88. The summed E-state index contributed by atoms with van der Waals surface area (Å²) in [6.45, 7) is 2.65. The van der Waals surface area contributed by atoms with Gasteiger partial charge in [-0.1, -0.05) is 0 Å². The van der Waals surface area contributed by atoms with E-state index in [0.717, 1.165) is 25.8 Å². The predicted molar refractivity (Wildman–Crippen MR) is 62.9 cm³/mol. The number of piperidine rings is 1. The third kappa shape index (κ3) is 6.07. The maximum atomic E-state index is 11.2. The molecule has 1 aliphatic rings. The number of carbonyl (C=O) groups is 1. The molecule has 1 aliphatic heterocycles. The topological polar surface area (TPSA) is 75.3 Å². The Hall–Kier alpha value is -0.620. The van der Waals surface area contributed by atoms with Crippen LogP contribution in [0.4, 0.5) is 0 Å². The Morgan fingerprint density at radius 1 is 1.50 bits per heavy atom. The van der Waals surface area contributed by atoms with Gasteiger partial charge in [-0.25, -0.2) is 8.42 Å². The van der Waals surface area contributed by atoms with Crippen molar-refractivity contribution >= 4 is 15.7 Å². The Labute approximate surface area is 96.9 Å². The molecule has 1 rings (SSSR count). The highest BCUT2D eigenvalue weighted by molar-refractivity contribution is 7.91. The molecule has 0 aromatic heterocycles. The molecule has 0 saturated carbocycles. The van der Waals surface area contributed by atoms with Gasteiger partial charge in [-0.05, 0) is 38.3 Å². The zero-order chi connectivity index (χ0) is 12.0. The normalized spacial score (nSPS) is 21.7. The lowest BCUT2D eigenvalue weighted by atomic mass is 9.96. The smallest absolute Gasteiger partial charge is 0.235 e. The van der Waals surface area contributed by atoms with Crippen molar-refractivity contribution in [3.63, 3.8) is 0 Å². The Morgan fingerprint density at radius 3 is 2.81 bits per heavy atom. The molecular weight excluding hydrogens is 228 g/mol. The highest BCUT2D eigenvalue weighted by Crippen LogP contribution is 2.12. The Morgan fingerprint density at radius 2 is 2.25 bits per heavy atom. The van der Waals surface area contributed by atoms with Crippen LogP contribution in [0.25, 0.3) is 0 Å². The van der Waals surface area contributed by atoms with Gasteiger partial charge in [0.05, 0.1) is 0 Å². The summed E-state index contributed by atoms with van der Waals surface area (Å²) in [5, 5.41) is 5.94. The second kappa shape index (κ2) is 6.20. The maximum absolute atomic E-state index is 11.2. The van der Waals surface area contributed by atoms with Gasteiger partial charge in [0, 0.05) is 12.8 Å². The fraction of sp³-hybridized carbons (Fsp3) is 0.900. The van der Waals surface area contributed by atoms with Crippen LogP contribution in [0.2, 0.25) is 0 Å². The molecule has 5 nitrogen and oxygen atoms in total. The van der Waals surface area contributed by atoms with Crippen LogP contribution in [0.5, 0.6) is 0 Å². The SMILES string of the molecule is CS(=O)(=O)CC(=O)NCCC1CCCNC1. The molecule has 16 heavy (non-hydrogen) atoms. The predicted octanol–water partition coefficient (Wildman–Crippen LogP) is -0.463. The molecule has 0 aromatic carbocycles. The van der Waals surface area contributed by atoms with Gasteiger partial charge >= 0.3 is 0 Å². The molecule has 1 unspecified atom stereocenters. The maximum Gasteiger partial charge on any atom is 0.235 e. The molecule has 0 bridgehead atoms. The lowest BCUT2D eigenvalue weighted by Gasteiger charge is -2.22. The minimum Gasteiger partial charge on any atom is -0.355 e. The van der Waals surface area contributed by atoms with Crippen LogP contribution in [-0.2, 0) is 14.6 Å². The van der Waals surface area contributed by atoms with Crippen molar-refractivity contribution in [2.24, 2.45) is 5.92 Å². The van der Waals surface area contributed by atoms with E-state index in [1.54, 1.807) is 0 Å². The lowest BCUT2D eigenvalue weighted by Crippen LogP contribution is -2.35. The highest BCUT2D eigenvalue weighted by atomic mass is 32.2. The molecule has 94 valence electrons. The van der Waals surface area contributed by atoms with E-state index in [1.165, 1.54) is 12.8 Å². The molecule has 1 atom stereocenters. The fourth-order valence-corrected chi connectivity index (χ4v) is 2.45. The summed E-state index contributed by atoms with van der Waals surface area (Å²) in [5.41, 5.74) is 0. The summed E-state index contributed by atoms with van der Waals surface area (Å²) in [7, 11) is -3.20. The second-order valence-electron chi connectivity index (χ2n) is 4.42. The molecule has 2 N–H and O–H groups in total. The zero-order valence-corrected chi connectivity index (χ0v) is 10.5.